The van der Waals surface area contributed by atoms with Crippen LogP contribution in [0.2, 0.25) is 0 Å². The number of hydrogen-bond acceptors (Lipinski definition) is 5. The number of nitrogens with one attached hydrogen (secondary N) is 2. The van der Waals surface area contributed by atoms with Crippen molar-refractivity contribution < 1.29 is 22.7 Å². The Kier molecular flexibility index (Phi) is 5.71. The highest BCUT2D eigenvalue weighted by Crippen LogP contribution is 2.24. The number of carbonyl (C=O) groups excluding carboxylic acids is 1. The van der Waals surface area contributed by atoms with Crippen molar-refractivity contribution in [1.82, 2.24) is 19.5 Å². The summed E-state index contributed by atoms with van der Waals surface area (Å²) in [4.78, 5) is 24.6. The first-order valence-corrected chi connectivity index (χ1v) is 9.22. The number of halogens is 3. The molecule has 4 rings (SSSR count). The molecule has 162 valence electrons. The van der Waals surface area contributed by atoms with Crippen LogP contribution in [0.15, 0.2) is 61.2 Å². The Morgan fingerprint density at radius 1 is 1.00 bits per heavy atom. The van der Waals surface area contributed by atoms with Gasteiger partial charge in [0.25, 0.3) is 0 Å². The lowest BCUT2D eigenvalue weighted by molar-refractivity contribution is 0.262. The van der Waals surface area contributed by atoms with Gasteiger partial charge in [-0.1, -0.05) is 0 Å². The van der Waals surface area contributed by atoms with E-state index in [2.05, 4.69) is 25.6 Å². The molecule has 0 bridgehead atoms. The molecule has 0 unspecified atom stereocenters. The highest BCUT2D eigenvalue weighted by atomic mass is 19.2. The molecule has 2 aromatic carbocycles. The van der Waals surface area contributed by atoms with Crippen LogP contribution in [0.1, 0.15) is 5.82 Å². The first kappa shape index (κ1) is 20.8. The van der Waals surface area contributed by atoms with Crippen LogP contribution in [0.4, 0.5) is 29.3 Å². The van der Waals surface area contributed by atoms with Gasteiger partial charge in [-0.05, 0) is 43.3 Å². The van der Waals surface area contributed by atoms with E-state index in [1.165, 1.54) is 0 Å². The minimum absolute atomic E-state index is 0.313. The number of aryl methyl sites for hydroxylation is 1. The Hall–Kier alpha value is -4.41. The lowest BCUT2D eigenvalue weighted by Gasteiger charge is -2.11. The van der Waals surface area contributed by atoms with Crippen LogP contribution in [0, 0.1) is 24.4 Å². The van der Waals surface area contributed by atoms with Crippen molar-refractivity contribution in [3.8, 4) is 17.4 Å². The number of imidazole rings is 1. The number of benzene rings is 2. The summed E-state index contributed by atoms with van der Waals surface area (Å²) in [6.45, 7) is 1.73. The molecule has 0 saturated heterocycles. The summed E-state index contributed by atoms with van der Waals surface area (Å²) in [5, 5.41) is 4.57. The summed E-state index contributed by atoms with van der Waals surface area (Å²) in [5.74, 6) is -2.65. The fraction of sp³-hybridized carbons (Fsp3) is 0.0476. The van der Waals surface area contributed by atoms with E-state index in [0.717, 1.165) is 6.07 Å². The molecule has 2 heterocycles. The summed E-state index contributed by atoms with van der Waals surface area (Å²) < 4.78 is 47.4. The van der Waals surface area contributed by atoms with Crippen molar-refractivity contribution in [2.75, 3.05) is 10.6 Å². The molecule has 11 heteroatoms. The first-order chi connectivity index (χ1) is 15.4. The number of anilines is 2. The zero-order chi connectivity index (χ0) is 22.7. The van der Waals surface area contributed by atoms with Gasteiger partial charge in [0, 0.05) is 24.1 Å². The molecule has 0 aliphatic rings. The van der Waals surface area contributed by atoms with E-state index < -0.39 is 29.2 Å². The predicted octanol–water partition coefficient (Wildman–Crippen LogP) is 4.82. The topological polar surface area (TPSA) is 94.0 Å². The van der Waals surface area contributed by atoms with E-state index in [1.54, 1.807) is 60.5 Å². The molecule has 2 aromatic heterocycles. The third-order valence-corrected chi connectivity index (χ3v) is 4.19. The molecule has 0 atom stereocenters. The minimum Gasteiger partial charge on any atom is -0.439 e. The molecule has 32 heavy (non-hydrogen) atoms. The van der Waals surface area contributed by atoms with Crippen molar-refractivity contribution in [1.29, 1.82) is 0 Å². The predicted molar refractivity (Wildman–Crippen MR) is 109 cm³/mol. The highest BCUT2D eigenvalue weighted by Gasteiger charge is 2.15. The van der Waals surface area contributed by atoms with Gasteiger partial charge in [-0.25, -0.2) is 27.9 Å². The first-order valence-electron chi connectivity index (χ1n) is 9.22. The van der Waals surface area contributed by atoms with Crippen molar-refractivity contribution in [3.05, 3.63) is 84.5 Å². The second-order valence-corrected chi connectivity index (χ2v) is 6.51. The standard InChI is InChI=1S/C21H15F3N6O2/c1-12-26-17(30-9-8-25-11-30)10-18(27-12)32-14-4-2-13(3-5-14)28-21(31)29-16-7-6-15(22)19(23)20(16)24/h2-11H,1H3,(H2,28,29,31). The Morgan fingerprint density at radius 3 is 2.50 bits per heavy atom. The van der Waals surface area contributed by atoms with Crippen LogP contribution >= 0.6 is 0 Å². The molecule has 0 fully saturated rings. The summed E-state index contributed by atoms with van der Waals surface area (Å²) in [6.07, 6.45) is 4.97. The van der Waals surface area contributed by atoms with Crippen LogP contribution in [0.3, 0.4) is 0 Å². The van der Waals surface area contributed by atoms with E-state index in [1.807, 2.05) is 0 Å². The summed E-state index contributed by atoms with van der Waals surface area (Å²) in [6, 6.07) is 8.71. The van der Waals surface area contributed by atoms with Crippen LogP contribution in [-0.4, -0.2) is 25.6 Å². The van der Waals surface area contributed by atoms with Gasteiger partial charge in [-0.3, -0.25) is 4.57 Å². The average molecular weight is 440 g/mol. The van der Waals surface area contributed by atoms with E-state index in [-0.39, 0.29) is 0 Å². The van der Waals surface area contributed by atoms with Gasteiger partial charge in [0.1, 0.15) is 23.7 Å². The maximum atomic E-state index is 13.7. The number of amides is 2. The fourth-order valence-electron chi connectivity index (χ4n) is 2.74. The molecular weight excluding hydrogens is 425 g/mol. The average Bonchev–Trinajstić information content (AvgIpc) is 3.30. The fourth-order valence-corrected chi connectivity index (χ4v) is 2.74. The largest absolute Gasteiger partial charge is 0.439 e. The maximum absolute atomic E-state index is 13.7. The van der Waals surface area contributed by atoms with Crippen LogP contribution < -0.4 is 15.4 Å². The second-order valence-electron chi connectivity index (χ2n) is 6.51. The second kappa shape index (κ2) is 8.76. The van der Waals surface area contributed by atoms with E-state index >= 15 is 0 Å². The van der Waals surface area contributed by atoms with Crippen LogP contribution in [-0.2, 0) is 0 Å². The summed E-state index contributed by atoms with van der Waals surface area (Å²) >= 11 is 0. The number of rotatable bonds is 5. The van der Waals surface area contributed by atoms with E-state index in [0.29, 0.717) is 35.0 Å². The van der Waals surface area contributed by atoms with Gasteiger partial charge in [-0.2, -0.15) is 4.98 Å². The smallest absolute Gasteiger partial charge is 0.323 e. The third-order valence-electron chi connectivity index (χ3n) is 4.19. The lowest BCUT2D eigenvalue weighted by atomic mass is 10.3. The Bertz CT molecular complexity index is 1260. The number of carbonyl (C=O) groups is 1. The molecule has 0 radical (unpaired) electrons. The van der Waals surface area contributed by atoms with Gasteiger partial charge in [0.15, 0.2) is 17.5 Å². The summed E-state index contributed by atoms with van der Waals surface area (Å²) in [7, 11) is 0. The quantitative estimate of drug-likeness (QED) is 0.434. The zero-order valence-electron chi connectivity index (χ0n) is 16.5. The molecule has 2 N–H and O–H groups in total. The van der Waals surface area contributed by atoms with Crippen molar-refractivity contribution in [3.63, 3.8) is 0 Å². The van der Waals surface area contributed by atoms with Crippen molar-refractivity contribution >= 4 is 17.4 Å². The Balaban J connectivity index is 1.42. The normalized spacial score (nSPS) is 10.6. The number of ether oxygens (including phenoxy) is 1. The number of hydrogen-bond donors (Lipinski definition) is 2. The van der Waals surface area contributed by atoms with Crippen molar-refractivity contribution in [2.24, 2.45) is 0 Å². The van der Waals surface area contributed by atoms with E-state index in [9.17, 15) is 18.0 Å². The molecule has 0 aliphatic carbocycles. The molecule has 0 saturated carbocycles. The lowest BCUT2D eigenvalue weighted by Crippen LogP contribution is -2.20. The van der Waals surface area contributed by atoms with Gasteiger partial charge in [-0.15, -0.1) is 0 Å². The van der Waals surface area contributed by atoms with Gasteiger partial charge < -0.3 is 15.4 Å². The molecule has 0 aliphatic heterocycles. The molecule has 4 aromatic rings. The van der Waals surface area contributed by atoms with Crippen LogP contribution in [0.25, 0.3) is 5.82 Å². The van der Waals surface area contributed by atoms with Crippen LogP contribution in [0.5, 0.6) is 11.6 Å². The SMILES string of the molecule is Cc1nc(Oc2ccc(NC(=O)Nc3ccc(F)c(F)c3F)cc2)cc(-n2ccnc2)n1. The van der Waals surface area contributed by atoms with Gasteiger partial charge in [0.2, 0.25) is 5.88 Å². The number of urea groups is 1. The highest BCUT2D eigenvalue weighted by molar-refractivity contribution is 5.99. The number of nitrogens with zero attached hydrogens (tertiary/aromatic N) is 4. The van der Waals surface area contributed by atoms with Gasteiger partial charge >= 0.3 is 6.03 Å². The summed E-state index contributed by atoms with van der Waals surface area (Å²) in [5.41, 5.74) is -0.134. The Labute approximate surface area is 179 Å². The monoisotopic (exact) mass is 440 g/mol. The maximum Gasteiger partial charge on any atom is 0.323 e. The van der Waals surface area contributed by atoms with Crippen molar-refractivity contribution in [2.45, 2.75) is 6.92 Å². The molecule has 0 spiro atoms. The number of aromatic nitrogens is 4. The van der Waals surface area contributed by atoms with E-state index in [4.69, 9.17) is 4.74 Å². The Morgan fingerprint density at radius 2 is 1.78 bits per heavy atom. The molecule has 8 nitrogen and oxygen atoms in total. The zero-order valence-corrected chi connectivity index (χ0v) is 16.5. The molecular formula is C21H15F3N6O2. The van der Waals surface area contributed by atoms with Gasteiger partial charge in [0.05, 0.1) is 5.69 Å². The minimum atomic E-state index is -1.67. The molecule has 2 amide bonds. The third kappa shape index (κ3) is 4.67.